The number of aromatic nitrogens is 2. The lowest BCUT2D eigenvalue weighted by atomic mass is 9.63. The van der Waals surface area contributed by atoms with Crippen LogP contribution in [-0.2, 0) is 13.0 Å². The van der Waals surface area contributed by atoms with Gasteiger partial charge in [0.25, 0.3) is 0 Å². The highest BCUT2D eigenvalue weighted by molar-refractivity contribution is 4.95. The lowest BCUT2D eigenvalue weighted by Crippen LogP contribution is -2.34. The molecule has 0 radical (unpaired) electrons. The molecule has 0 N–H and O–H groups in total. The Kier molecular flexibility index (Phi) is 3.84. The Bertz CT molecular complexity index is 386. The Morgan fingerprint density at radius 3 is 2.67 bits per heavy atom. The van der Waals surface area contributed by atoms with Crippen LogP contribution in [0.15, 0.2) is 12.4 Å². The molecule has 0 fully saturated rings. The van der Waals surface area contributed by atoms with Gasteiger partial charge in [-0.2, -0.15) is 0 Å². The molecule has 1 aliphatic heterocycles. The van der Waals surface area contributed by atoms with Gasteiger partial charge in [0, 0.05) is 25.4 Å². The van der Waals surface area contributed by atoms with Gasteiger partial charge in [0.15, 0.2) is 0 Å². The monoisotopic (exact) mass is 248 g/mol. The van der Waals surface area contributed by atoms with Crippen molar-refractivity contribution in [2.75, 3.05) is 0 Å². The zero-order valence-corrected chi connectivity index (χ0v) is 12.5. The van der Waals surface area contributed by atoms with Gasteiger partial charge in [-0.1, -0.05) is 40.5 Å². The van der Waals surface area contributed by atoms with E-state index in [1.54, 1.807) is 0 Å². The van der Waals surface area contributed by atoms with Gasteiger partial charge in [-0.3, -0.25) is 0 Å². The van der Waals surface area contributed by atoms with Crippen LogP contribution in [0.25, 0.3) is 0 Å². The lowest BCUT2D eigenvalue weighted by molar-refractivity contribution is 0.0743. The lowest BCUT2D eigenvalue weighted by Gasteiger charge is -2.43. The van der Waals surface area contributed by atoms with Crippen molar-refractivity contribution in [2.24, 2.45) is 10.8 Å². The number of rotatable bonds is 0. The molecule has 0 aromatic carbocycles. The Balaban J connectivity index is 2.19. The molecule has 1 unspecified atom stereocenters. The molecule has 0 bridgehead atoms. The average Bonchev–Trinajstić information content (AvgIpc) is 2.72. The minimum atomic E-state index is 0.382. The van der Waals surface area contributed by atoms with Gasteiger partial charge < -0.3 is 4.57 Å². The summed E-state index contributed by atoms with van der Waals surface area (Å²) in [5, 5.41) is 0. The van der Waals surface area contributed by atoms with E-state index in [0.29, 0.717) is 10.8 Å². The Hall–Kier alpha value is -0.790. The van der Waals surface area contributed by atoms with Crippen LogP contribution in [0.4, 0.5) is 0 Å². The molecule has 2 rings (SSSR count). The third kappa shape index (κ3) is 2.78. The molecule has 1 aromatic heterocycles. The summed E-state index contributed by atoms with van der Waals surface area (Å²) < 4.78 is 2.37. The van der Waals surface area contributed by atoms with Crippen LogP contribution in [0.2, 0.25) is 0 Å². The highest BCUT2D eigenvalue weighted by Gasteiger charge is 2.36. The third-order valence-electron chi connectivity index (χ3n) is 5.15. The van der Waals surface area contributed by atoms with Gasteiger partial charge in [0.1, 0.15) is 5.82 Å². The number of aryl methyl sites for hydroxylation is 2. The SMILES string of the molecule is CC(C)(C)C1(C)CCCCCc2nccn2CC1. The summed E-state index contributed by atoms with van der Waals surface area (Å²) in [6, 6.07) is 0. The summed E-state index contributed by atoms with van der Waals surface area (Å²) >= 11 is 0. The fourth-order valence-corrected chi connectivity index (χ4v) is 2.99. The second-order valence-electron chi connectivity index (χ2n) is 7.16. The molecule has 0 spiro atoms. The Morgan fingerprint density at radius 2 is 1.94 bits per heavy atom. The number of fused-ring (bicyclic) bond motifs is 1. The number of nitrogens with zero attached hydrogens (tertiary/aromatic N) is 2. The van der Waals surface area contributed by atoms with E-state index in [9.17, 15) is 0 Å². The summed E-state index contributed by atoms with van der Waals surface area (Å²) in [6.45, 7) is 10.8. The fraction of sp³-hybridized carbons (Fsp3) is 0.812. The Labute approximate surface area is 112 Å². The zero-order chi connectivity index (χ0) is 13.2. The predicted octanol–water partition coefficient (Wildman–Crippen LogP) is 4.44. The van der Waals surface area contributed by atoms with Crippen LogP contribution < -0.4 is 0 Å². The van der Waals surface area contributed by atoms with Crippen LogP contribution in [0.1, 0.15) is 65.6 Å². The minimum absolute atomic E-state index is 0.382. The second kappa shape index (κ2) is 5.07. The third-order valence-corrected chi connectivity index (χ3v) is 5.15. The first-order valence-electron chi connectivity index (χ1n) is 7.42. The average molecular weight is 248 g/mol. The van der Waals surface area contributed by atoms with E-state index in [1.165, 1.54) is 37.9 Å². The molecule has 2 nitrogen and oxygen atoms in total. The van der Waals surface area contributed by atoms with Gasteiger partial charge in [-0.25, -0.2) is 4.98 Å². The van der Waals surface area contributed by atoms with Crippen LogP contribution >= 0.6 is 0 Å². The molecule has 0 saturated heterocycles. The van der Waals surface area contributed by atoms with Crippen molar-refractivity contribution in [1.82, 2.24) is 9.55 Å². The van der Waals surface area contributed by atoms with E-state index in [1.807, 2.05) is 6.20 Å². The van der Waals surface area contributed by atoms with Crippen LogP contribution in [0.5, 0.6) is 0 Å². The largest absolute Gasteiger partial charge is 0.335 e. The summed E-state index contributed by atoms with van der Waals surface area (Å²) in [5.41, 5.74) is 0.818. The summed E-state index contributed by atoms with van der Waals surface area (Å²) in [6.07, 6.45) is 11.9. The molecular formula is C16H28N2. The van der Waals surface area contributed by atoms with Gasteiger partial charge in [0.05, 0.1) is 0 Å². The van der Waals surface area contributed by atoms with Crippen molar-refractivity contribution >= 4 is 0 Å². The number of imidazole rings is 1. The normalized spacial score (nSPS) is 26.7. The summed E-state index contributed by atoms with van der Waals surface area (Å²) in [5.74, 6) is 1.29. The van der Waals surface area contributed by atoms with Crippen LogP contribution in [0.3, 0.4) is 0 Å². The van der Waals surface area contributed by atoms with Crippen molar-refractivity contribution in [3.8, 4) is 0 Å². The molecule has 2 heteroatoms. The van der Waals surface area contributed by atoms with Crippen LogP contribution in [-0.4, -0.2) is 9.55 Å². The molecule has 1 aromatic rings. The molecule has 0 amide bonds. The molecule has 1 aliphatic rings. The molecular weight excluding hydrogens is 220 g/mol. The number of hydrogen-bond donors (Lipinski definition) is 0. The highest BCUT2D eigenvalue weighted by atomic mass is 15.1. The maximum Gasteiger partial charge on any atom is 0.108 e. The summed E-state index contributed by atoms with van der Waals surface area (Å²) in [7, 11) is 0. The van der Waals surface area contributed by atoms with E-state index < -0.39 is 0 Å². The van der Waals surface area contributed by atoms with E-state index >= 15 is 0 Å². The number of hydrogen-bond acceptors (Lipinski definition) is 1. The minimum Gasteiger partial charge on any atom is -0.335 e. The van der Waals surface area contributed by atoms with Gasteiger partial charge in [0.2, 0.25) is 0 Å². The highest BCUT2D eigenvalue weighted by Crippen LogP contribution is 2.46. The van der Waals surface area contributed by atoms with Gasteiger partial charge in [-0.15, -0.1) is 0 Å². The van der Waals surface area contributed by atoms with E-state index in [0.717, 1.165) is 13.0 Å². The first-order valence-corrected chi connectivity index (χ1v) is 7.42. The smallest absolute Gasteiger partial charge is 0.108 e. The molecule has 1 atom stereocenters. The summed E-state index contributed by atoms with van der Waals surface area (Å²) in [4.78, 5) is 4.50. The molecule has 102 valence electrons. The van der Waals surface area contributed by atoms with Crippen molar-refractivity contribution in [3.63, 3.8) is 0 Å². The molecule has 18 heavy (non-hydrogen) atoms. The first-order chi connectivity index (χ1) is 8.42. The zero-order valence-electron chi connectivity index (χ0n) is 12.5. The van der Waals surface area contributed by atoms with Gasteiger partial charge in [-0.05, 0) is 30.1 Å². The topological polar surface area (TPSA) is 17.8 Å². The van der Waals surface area contributed by atoms with Crippen molar-refractivity contribution in [1.29, 1.82) is 0 Å². The fourth-order valence-electron chi connectivity index (χ4n) is 2.99. The second-order valence-corrected chi connectivity index (χ2v) is 7.16. The Morgan fingerprint density at radius 1 is 1.17 bits per heavy atom. The predicted molar refractivity (Wildman–Crippen MR) is 76.6 cm³/mol. The van der Waals surface area contributed by atoms with Crippen molar-refractivity contribution < 1.29 is 0 Å². The standard InChI is InChI=1S/C16H28N2/c1-15(2,3)16(4)9-7-5-6-8-14-17-11-13-18(14)12-10-16/h11,13H,5-10,12H2,1-4H3. The first kappa shape index (κ1) is 13.6. The molecule has 2 heterocycles. The van der Waals surface area contributed by atoms with Crippen molar-refractivity contribution in [3.05, 3.63) is 18.2 Å². The van der Waals surface area contributed by atoms with E-state index in [-0.39, 0.29) is 0 Å². The molecule has 0 saturated carbocycles. The molecule has 0 aliphatic carbocycles. The van der Waals surface area contributed by atoms with E-state index in [4.69, 9.17) is 0 Å². The van der Waals surface area contributed by atoms with E-state index in [2.05, 4.69) is 43.4 Å². The maximum absolute atomic E-state index is 4.50. The maximum atomic E-state index is 4.50. The van der Waals surface area contributed by atoms with Gasteiger partial charge >= 0.3 is 0 Å². The van der Waals surface area contributed by atoms with Crippen molar-refractivity contribution in [2.45, 2.75) is 72.8 Å². The van der Waals surface area contributed by atoms with Crippen LogP contribution in [0, 0.1) is 10.8 Å². The quantitative estimate of drug-likeness (QED) is 0.663.